The molecular formula is C17H29NO3. The lowest BCUT2D eigenvalue weighted by Crippen LogP contribution is -2.45. The van der Waals surface area contributed by atoms with Crippen LogP contribution in [0.4, 0.5) is 0 Å². The number of hydrogen-bond donors (Lipinski definition) is 2. The van der Waals surface area contributed by atoms with Crippen LogP contribution in [0.3, 0.4) is 0 Å². The second-order valence-corrected chi connectivity index (χ2v) is 5.59. The summed E-state index contributed by atoms with van der Waals surface area (Å²) >= 11 is 0. The minimum atomic E-state index is -0.206. The van der Waals surface area contributed by atoms with E-state index >= 15 is 0 Å². The molecule has 0 aliphatic rings. The number of benzene rings is 1. The topological polar surface area (TPSA) is 50.7 Å². The molecule has 0 amide bonds. The quantitative estimate of drug-likeness (QED) is 0.616. The van der Waals surface area contributed by atoms with Crippen molar-refractivity contribution in [3.8, 4) is 5.75 Å². The molecule has 0 aliphatic carbocycles. The highest BCUT2D eigenvalue weighted by molar-refractivity contribution is 5.27. The highest BCUT2D eigenvalue weighted by Crippen LogP contribution is 2.15. The first-order valence-electron chi connectivity index (χ1n) is 7.70. The van der Waals surface area contributed by atoms with Gasteiger partial charge in [0.05, 0.1) is 19.8 Å². The first-order valence-corrected chi connectivity index (χ1v) is 7.70. The predicted molar refractivity (Wildman–Crippen MR) is 85.9 cm³/mol. The lowest BCUT2D eigenvalue weighted by atomic mass is 9.97. The van der Waals surface area contributed by atoms with Gasteiger partial charge in [-0.1, -0.05) is 19.1 Å². The molecule has 1 rings (SSSR count). The zero-order valence-electron chi connectivity index (χ0n) is 13.5. The maximum absolute atomic E-state index is 9.42. The number of hydrogen-bond acceptors (Lipinski definition) is 4. The third kappa shape index (κ3) is 6.93. The number of nitrogens with one attached hydrogen (secondary N) is 1. The number of ether oxygens (including phenoxy) is 2. The third-order valence-electron chi connectivity index (χ3n) is 3.61. The standard InChI is InChI=1S/C17H29NO3/c1-4-18-17(2,14-19)11-5-12-21-16-8-6-15(7-9-16)10-13-20-3/h6-9,18-19H,4-5,10-14H2,1-3H3. The van der Waals surface area contributed by atoms with Crippen molar-refractivity contribution in [1.29, 1.82) is 0 Å². The molecule has 0 heterocycles. The Bertz CT molecular complexity index is 380. The minimum absolute atomic E-state index is 0.148. The Morgan fingerprint density at radius 2 is 1.90 bits per heavy atom. The van der Waals surface area contributed by atoms with Gasteiger partial charge in [0.15, 0.2) is 0 Å². The Kier molecular flexibility index (Phi) is 8.35. The highest BCUT2D eigenvalue weighted by atomic mass is 16.5. The average Bonchev–Trinajstić information content (AvgIpc) is 2.51. The number of methoxy groups -OCH3 is 1. The van der Waals surface area contributed by atoms with Crippen LogP contribution in [0.15, 0.2) is 24.3 Å². The molecule has 2 N–H and O–H groups in total. The fourth-order valence-electron chi connectivity index (χ4n) is 2.27. The molecule has 1 unspecified atom stereocenters. The number of aliphatic hydroxyl groups excluding tert-OH is 1. The number of aliphatic hydroxyl groups is 1. The monoisotopic (exact) mass is 295 g/mol. The van der Waals surface area contributed by atoms with E-state index in [1.807, 2.05) is 19.1 Å². The fraction of sp³-hybridized carbons (Fsp3) is 0.647. The fourth-order valence-corrected chi connectivity index (χ4v) is 2.27. The Morgan fingerprint density at radius 1 is 1.19 bits per heavy atom. The average molecular weight is 295 g/mol. The second kappa shape index (κ2) is 9.77. The molecule has 1 atom stereocenters. The third-order valence-corrected chi connectivity index (χ3v) is 3.61. The summed E-state index contributed by atoms with van der Waals surface area (Å²) in [6, 6.07) is 8.15. The summed E-state index contributed by atoms with van der Waals surface area (Å²) in [5, 5.41) is 12.7. The van der Waals surface area contributed by atoms with Crippen LogP contribution in [-0.4, -0.2) is 44.1 Å². The van der Waals surface area contributed by atoms with Crippen molar-refractivity contribution in [1.82, 2.24) is 5.32 Å². The molecule has 1 aromatic rings. The van der Waals surface area contributed by atoms with Crippen LogP contribution < -0.4 is 10.1 Å². The molecule has 0 fully saturated rings. The van der Waals surface area contributed by atoms with Crippen LogP contribution in [0.1, 0.15) is 32.3 Å². The molecule has 1 aromatic carbocycles. The van der Waals surface area contributed by atoms with Crippen molar-refractivity contribution in [2.24, 2.45) is 0 Å². The largest absolute Gasteiger partial charge is 0.494 e. The van der Waals surface area contributed by atoms with Gasteiger partial charge in [-0.05, 0) is 50.4 Å². The lowest BCUT2D eigenvalue weighted by molar-refractivity contribution is 0.158. The zero-order valence-corrected chi connectivity index (χ0v) is 13.5. The van der Waals surface area contributed by atoms with E-state index in [4.69, 9.17) is 9.47 Å². The minimum Gasteiger partial charge on any atom is -0.494 e. The summed E-state index contributed by atoms with van der Waals surface area (Å²) in [7, 11) is 1.71. The molecule has 4 nitrogen and oxygen atoms in total. The zero-order chi connectivity index (χ0) is 15.6. The summed E-state index contributed by atoms with van der Waals surface area (Å²) < 4.78 is 10.8. The van der Waals surface area contributed by atoms with Crippen LogP contribution in [0.5, 0.6) is 5.75 Å². The maximum Gasteiger partial charge on any atom is 0.119 e. The van der Waals surface area contributed by atoms with Gasteiger partial charge in [0.25, 0.3) is 0 Å². The van der Waals surface area contributed by atoms with Crippen LogP contribution in [0, 0.1) is 0 Å². The van der Waals surface area contributed by atoms with Gasteiger partial charge in [0.2, 0.25) is 0 Å². The SMILES string of the molecule is CCNC(C)(CO)CCCOc1ccc(CCOC)cc1. The molecule has 0 bridgehead atoms. The van der Waals surface area contributed by atoms with E-state index in [0.29, 0.717) is 6.61 Å². The predicted octanol–water partition coefficient (Wildman–Crippen LogP) is 2.40. The Hall–Kier alpha value is -1.10. The molecule has 4 heteroatoms. The van der Waals surface area contributed by atoms with E-state index in [2.05, 4.69) is 24.4 Å². The van der Waals surface area contributed by atoms with Gasteiger partial charge in [0.1, 0.15) is 5.75 Å². The molecule has 0 saturated carbocycles. The van der Waals surface area contributed by atoms with Crippen LogP contribution in [0.25, 0.3) is 0 Å². The molecular weight excluding hydrogens is 266 g/mol. The van der Waals surface area contributed by atoms with Crippen molar-refractivity contribution in [3.63, 3.8) is 0 Å². The van der Waals surface area contributed by atoms with Gasteiger partial charge < -0.3 is 19.9 Å². The summed E-state index contributed by atoms with van der Waals surface area (Å²) in [5.41, 5.74) is 1.05. The lowest BCUT2D eigenvalue weighted by Gasteiger charge is -2.28. The van der Waals surface area contributed by atoms with Crippen LogP contribution >= 0.6 is 0 Å². The van der Waals surface area contributed by atoms with Gasteiger partial charge in [-0.15, -0.1) is 0 Å². The summed E-state index contributed by atoms with van der Waals surface area (Å²) in [5.74, 6) is 0.894. The van der Waals surface area contributed by atoms with Crippen molar-refractivity contribution in [3.05, 3.63) is 29.8 Å². The first-order chi connectivity index (χ1) is 10.1. The first kappa shape index (κ1) is 18.0. The summed E-state index contributed by atoms with van der Waals surface area (Å²) in [6.45, 7) is 6.51. The van der Waals surface area contributed by atoms with E-state index in [-0.39, 0.29) is 12.1 Å². The highest BCUT2D eigenvalue weighted by Gasteiger charge is 2.20. The normalized spacial score (nSPS) is 13.9. The van der Waals surface area contributed by atoms with Gasteiger partial charge in [-0.2, -0.15) is 0 Å². The molecule has 0 spiro atoms. The van der Waals surface area contributed by atoms with Crippen molar-refractivity contribution in [2.75, 3.05) is 33.5 Å². The summed E-state index contributed by atoms with van der Waals surface area (Å²) in [6.07, 6.45) is 2.73. The van der Waals surface area contributed by atoms with Crippen molar-refractivity contribution >= 4 is 0 Å². The van der Waals surface area contributed by atoms with E-state index in [1.54, 1.807) is 7.11 Å². The Labute approximate surface area is 128 Å². The molecule has 0 aromatic heterocycles. The smallest absolute Gasteiger partial charge is 0.119 e. The van der Waals surface area contributed by atoms with Gasteiger partial charge in [-0.25, -0.2) is 0 Å². The van der Waals surface area contributed by atoms with E-state index in [1.165, 1.54) is 5.56 Å². The molecule has 0 aliphatic heterocycles. The summed E-state index contributed by atoms with van der Waals surface area (Å²) in [4.78, 5) is 0. The molecule has 120 valence electrons. The van der Waals surface area contributed by atoms with E-state index < -0.39 is 0 Å². The Balaban J connectivity index is 2.29. The number of likely N-dealkylation sites (N-methyl/N-ethyl adjacent to an activating group) is 1. The van der Waals surface area contributed by atoms with Crippen LogP contribution in [0.2, 0.25) is 0 Å². The van der Waals surface area contributed by atoms with E-state index in [0.717, 1.165) is 38.2 Å². The van der Waals surface area contributed by atoms with Gasteiger partial charge >= 0.3 is 0 Å². The van der Waals surface area contributed by atoms with Crippen LogP contribution in [-0.2, 0) is 11.2 Å². The van der Waals surface area contributed by atoms with E-state index in [9.17, 15) is 5.11 Å². The van der Waals surface area contributed by atoms with Gasteiger partial charge in [0, 0.05) is 12.6 Å². The van der Waals surface area contributed by atoms with Crippen molar-refractivity contribution in [2.45, 2.75) is 38.6 Å². The molecule has 0 saturated heterocycles. The molecule has 0 radical (unpaired) electrons. The second-order valence-electron chi connectivity index (χ2n) is 5.59. The van der Waals surface area contributed by atoms with Gasteiger partial charge in [-0.3, -0.25) is 0 Å². The van der Waals surface area contributed by atoms with Crippen molar-refractivity contribution < 1.29 is 14.6 Å². The number of rotatable bonds is 11. The maximum atomic E-state index is 9.42. The Morgan fingerprint density at radius 3 is 2.48 bits per heavy atom. The molecule has 21 heavy (non-hydrogen) atoms.